The highest BCUT2D eigenvalue weighted by atomic mass is 16.7. The number of nitriles is 1. The van der Waals surface area contributed by atoms with Crippen LogP contribution < -0.4 is 4.90 Å². The van der Waals surface area contributed by atoms with Crippen molar-refractivity contribution in [3.63, 3.8) is 0 Å². The van der Waals surface area contributed by atoms with Gasteiger partial charge in [-0.25, -0.2) is 9.78 Å². The first-order valence-corrected chi connectivity index (χ1v) is 13.9. The molecule has 39 heavy (non-hydrogen) atoms. The number of ether oxygens (including phenoxy) is 3. The van der Waals surface area contributed by atoms with E-state index in [4.69, 9.17) is 19.5 Å². The molecule has 1 amide bonds. The zero-order valence-corrected chi connectivity index (χ0v) is 26.0. The van der Waals surface area contributed by atoms with Crippen molar-refractivity contribution in [1.29, 1.82) is 5.26 Å². The van der Waals surface area contributed by atoms with Crippen LogP contribution in [0.2, 0.25) is 0 Å². The van der Waals surface area contributed by atoms with E-state index >= 15 is 0 Å². The summed E-state index contributed by atoms with van der Waals surface area (Å²) in [6.45, 7) is 23.6. The molecule has 1 unspecified atom stereocenters. The van der Waals surface area contributed by atoms with Crippen molar-refractivity contribution in [3.8, 4) is 6.07 Å². The minimum Gasteiger partial charge on any atom is -0.444 e. The zero-order valence-electron chi connectivity index (χ0n) is 26.0. The number of carbonyl (C=O) groups excluding carboxylic acids is 1. The molecule has 0 bridgehead atoms. The maximum Gasteiger partial charge on any atom is 0.410 e. The molecule has 8 nitrogen and oxygen atoms in total. The fourth-order valence-electron chi connectivity index (χ4n) is 2.98. The molecular formula is C31H52N4O4. The molecule has 8 heteroatoms. The summed E-state index contributed by atoms with van der Waals surface area (Å²) in [4.78, 5) is 20.2. The Morgan fingerprint density at radius 1 is 1.18 bits per heavy atom. The van der Waals surface area contributed by atoms with Crippen molar-refractivity contribution in [1.82, 2.24) is 9.88 Å². The molecule has 0 fully saturated rings. The fourth-order valence-corrected chi connectivity index (χ4v) is 2.98. The van der Waals surface area contributed by atoms with Gasteiger partial charge in [0.15, 0.2) is 6.29 Å². The molecule has 1 heterocycles. The minimum atomic E-state index is -0.546. The zero-order chi connectivity index (χ0) is 30.3. The van der Waals surface area contributed by atoms with Crippen molar-refractivity contribution in [3.05, 3.63) is 60.3 Å². The van der Waals surface area contributed by atoms with Crippen LogP contribution in [0.5, 0.6) is 0 Å². The largest absolute Gasteiger partial charge is 0.444 e. The standard InChI is InChI=1S/C27H40N4O4.2C2H6/c1-8-11-12-22(9-2)21-31(24-14-13-23(19-28)20-29-24)16-15-25(33-10-3)34-18-17-30(7)26(32)35-27(4,5)6;2*1-2/h8-9,11-14,20,25H,1,10,15-18,21H2,2-7H3;2*1-2H3/b12-11-,22-9+;;. The molecule has 1 aromatic rings. The molecule has 0 spiro atoms. The lowest BCUT2D eigenvalue weighted by molar-refractivity contribution is -0.143. The summed E-state index contributed by atoms with van der Waals surface area (Å²) in [5.74, 6) is 0.760. The van der Waals surface area contributed by atoms with E-state index in [1.807, 2.05) is 86.6 Å². The Hall–Kier alpha value is -3.15. The quantitative estimate of drug-likeness (QED) is 0.182. The summed E-state index contributed by atoms with van der Waals surface area (Å²) in [7, 11) is 1.68. The van der Waals surface area contributed by atoms with Crippen molar-refractivity contribution < 1.29 is 19.0 Å². The number of carbonyl (C=O) groups is 1. The normalized spacial score (nSPS) is 11.8. The summed E-state index contributed by atoms with van der Waals surface area (Å²) < 4.78 is 17.1. The van der Waals surface area contributed by atoms with Crippen LogP contribution in [0, 0.1) is 11.3 Å². The van der Waals surface area contributed by atoms with E-state index in [1.165, 1.54) is 4.90 Å². The van der Waals surface area contributed by atoms with Gasteiger partial charge in [-0.1, -0.05) is 58.6 Å². The third-order valence-corrected chi connectivity index (χ3v) is 4.81. The molecule has 0 aliphatic heterocycles. The lowest BCUT2D eigenvalue weighted by Crippen LogP contribution is -2.37. The second-order valence-electron chi connectivity index (χ2n) is 8.84. The number of allylic oxidation sites excluding steroid dienone is 3. The van der Waals surface area contributed by atoms with Gasteiger partial charge in [-0.3, -0.25) is 0 Å². The SMILES string of the molecule is C=C/C=C\C(=C/C)CN(CCC(OCC)OCCN(C)C(=O)OC(C)(C)C)c1ccc(C#N)cn1.CC.CC. The summed E-state index contributed by atoms with van der Waals surface area (Å²) in [5.41, 5.74) is 1.07. The lowest BCUT2D eigenvalue weighted by Gasteiger charge is -2.28. The predicted octanol–water partition coefficient (Wildman–Crippen LogP) is 7.14. The fraction of sp³-hybridized carbons (Fsp3) is 0.581. The van der Waals surface area contributed by atoms with Crippen LogP contribution in [-0.4, -0.2) is 67.8 Å². The average molecular weight is 545 g/mol. The Kier molecular flexibility index (Phi) is 22.2. The summed E-state index contributed by atoms with van der Waals surface area (Å²) in [6.07, 6.45) is 9.01. The number of aromatic nitrogens is 1. The Morgan fingerprint density at radius 2 is 1.85 bits per heavy atom. The first-order chi connectivity index (χ1) is 18.6. The van der Waals surface area contributed by atoms with Crippen LogP contribution in [0.25, 0.3) is 0 Å². The second-order valence-corrected chi connectivity index (χ2v) is 8.84. The van der Waals surface area contributed by atoms with Gasteiger partial charge < -0.3 is 24.0 Å². The number of nitrogens with zero attached hydrogens (tertiary/aromatic N) is 4. The smallest absolute Gasteiger partial charge is 0.410 e. The average Bonchev–Trinajstić information content (AvgIpc) is 2.93. The Balaban J connectivity index is 0. The number of hydrogen-bond acceptors (Lipinski definition) is 7. The Bertz CT molecular complexity index is 883. The first kappa shape index (κ1) is 38.0. The molecule has 1 aromatic heterocycles. The van der Waals surface area contributed by atoms with Crippen LogP contribution in [0.1, 0.15) is 74.3 Å². The number of pyridine rings is 1. The van der Waals surface area contributed by atoms with Gasteiger partial charge in [0.25, 0.3) is 0 Å². The van der Waals surface area contributed by atoms with E-state index in [0.29, 0.717) is 44.8 Å². The number of amides is 1. The number of hydrogen-bond donors (Lipinski definition) is 0. The van der Waals surface area contributed by atoms with Gasteiger partial charge in [-0.05, 0) is 52.3 Å². The lowest BCUT2D eigenvalue weighted by atomic mass is 10.2. The van der Waals surface area contributed by atoms with Gasteiger partial charge >= 0.3 is 6.09 Å². The molecule has 0 aliphatic rings. The van der Waals surface area contributed by atoms with Crippen LogP contribution in [0.15, 0.2) is 54.8 Å². The van der Waals surface area contributed by atoms with Crippen molar-refractivity contribution in [2.45, 2.75) is 80.6 Å². The highest BCUT2D eigenvalue weighted by molar-refractivity contribution is 5.67. The van der Waals surface area contributed by atoms with Crippen LogP contribution in [0.3, 0.4) is 0 Å². The number of rotatable bonds is 14. The molecular weight excluding hydrogens is 492 g/mol. The molecule has 0 N–H and O–H groups in total. The highest BCUT2D eigenvalue weighted by Gasteiger charge is 2.20. The third kappa shape index (κ3) is 17.9. The molecule has 0 aromatic carbocycles. The predicted molar refractivity (Wildman–Crippen MR) is 162 cm³/mol. The van der Waals surface area contributed by atoms with E-state index < -0.39 is 18.0 Å². The molecule has 220 valence electrons. The number of likely N-dealkylation sites (N-methyl/N-ethyl adjacent to an activating group) is 1. The van der Waals surface area contributed by atoms with E-state index in [9.17, 15) is 4.79 Å². The maximum atomic E-state index is 12.2. The van der Waals surface area contributed by atoms with E-state index in [1.54, 1.807) is 25.4 Å². The number of anilines is 1. The van der Waals surface area contributed by atoms with Crippen molar-refractivity contribution in [2.75, 3.05) is 44.8 Å². The van der Waals surface area contributed by atoms with Gasteiger partial charge in [-0.15, -0.1) is 0 Å². The van der Waals surface area contributed by atoms with Gasteiger partial charge in [0.1, 0.15) is 17.5 Å². The summed E-state index contributed by atoms with van der Waals surface area (Å²) in [5, 5.41) is 9.10. The second kappa shape index (κ2) is 22.8. The van der Waals surface area contributed by atoms with Gasteiger partial charge in [-0.2, -0.15) is 5.26 Å². The van der Waals surface area contributed by atoms with Crippen molar-refractivity contribution in [2.24, 2.45) is 0 Å². The monoisotopic (exact) mass is 544 g/mol. The third-order valence-electron chi connectivity index (χ3n) is 4.81. The van der Waals surface area contributed by atoms with Crippen LogP contribution in [0.4, 0.5) is 10.6 Å². The van der Waals surface area contributed by atoms with Crippen LogP contribution in [-0.2, 0) is 14.2 Å². The molecule has 1 rings (SSSR count). The van der Waals surface area contributed by atoms with E-state index in [-0.39, 0.29) is 0 Å². The van der Waals surface area contributed by atoms with Crippen LogP contribution >= 0.6 is 0 Å². The maximum absolute atomic E-state index is 12.2. The van der Waals surface area contributed by atoms with Crippen molar-refractivity contribution >= 4 is 11.9 Å². The molecule has 1 atom stereocenters. The molecule has 0 aliphatic carbocycles. The summed E-state index contributed by atoms with van der Waals surface area (Å²) in [6, 6.07) is 5.70. The molecule has 0 saturated heterocycles. The van der Waals surface area contributed by atoms with Gasteiger partial charge in [0, 0.05) is 45.9 Å². The van der Waals surface area contributed by atoms with E-state index in [0.717, 1.165) is 11.4 Å². The molecule has 0 saturated carbocycles. The first-order valence-electron chi connectivity index (χ1n) is 13.9. The summed E-state index contributed by atoms with van der Waals surface area (Å²) >= 11 is 0. The Labute approximate surface area is 237 Å². The van der Waals surface area contributed by atoms with E-state index in [2.05, 4.69) is 22.5 Å². The topological polar surface area (TPSA) is 87.9 Å². The highest BCUT2D eigenvalue weighted by Crippen LogP contribution is 2.16. The van der Waals surface area contributed by atoms with Gasteiger partial charge in [0.05, 0.1) is 12.2 Å². The van der Waals surface area contributed by atoms with Gasteiger partial charge in [0.2, 0.25) is 0 Å². The minimum absolute atomic E-state index is 0.317. The Morgan fingerprint density at radius 3 is 2.33 bits per heavy atom. The molecule has 0 radical (unpaired) electrons.